The number of para-hydroxylation sites is 1. The van der Waals surface area contributed by atoms with Crippen LogP contribution in [0.5, 0.6) is 0 Å². The molecule has 162 valence electrons. The first kappa shape index (κ1) is 21.1. The number of amides is 3. The molecule has 2 aliphatic heterocycles. The second-order valence-corrected chi connectivity index (χ2v) is 8.10. The van der Waals surface area contributed by atoms with Gasteiger partial charge in [0.05, 0.1) is 6.54 Å². The highest BCUT2D eigenvalue weighted by Crippen LogP contribution is 2.16. The number of nitrogens with zero attached hydrogens (tertiary/aromatic N) is 3. The van der Waals surface area contributed by atoms with Gasteiger partial charge in [-0.3, -0.25) is 19.3 Å². The quantitative estimate of drug-likeness (QED) is 0.778. The fourth-order valence-electron chi connectivity index (χ4n) is 4.06. The van der Waals surface area contributed by atoms with E-state index in [0.29, 0.717) is 51.3 Å². The number of carbonyl (C=O) groups is 3. The van der Waals surface area contributed by atoms with Crippen LogP contribution in [0.15, 0.2) is 54.6 Å². The molecule has 0 saturated carbocycles. The van der Waals surface area contributed by atoms with Gasteiger partial charge in [-0.25, -0.2) is 0 Å². The lowest BCUT2D eigenvalue weighted by atomic mass is 10.1. The molecule has 0 unspecified atom stereocenters. The Kier molecular flexibility index (Phi) is 6.62. The number of hydrogen-bond donors (Lipinski definition) is 1. The maximum absolute atomic E-state index is 12.8. The smallest absolute Gasteiger partial charge is 0.253 e. The van der Waals surface area contributed by atoms with E-state index < -0.39 is 0 Å². The molecule has 2 heterocycles. The minimum Gasteiger partial charge on any atom is -0.338 e. The van der Waals surface area contributed by atoms with Crippen LogP contribution in [0, 0.1) is 0 Å². The molecule has 0 spiro atoms. The third-order valence-electron chi connectivity index (χ3n) is 5.83. The molecule has 3 amide bonds. The standard InChI is InChI=1S/C24H28N4O3/c29-22(25-21-5-2-1-3-6-21)18-26-13-15-27(16-14-26)24(31)20-10-8-19(9-11-20)17-28-12-4-7-23(28)30/h1-3,5-6,8-11H,4,7,12-18H2,(H,25,29). The molecule has 2 fully saturated rings. The molecule has 2 saturated heterocycles. The predicted molar refractivity (Wildman–Crippen MR) is 119 cm³/mol. The zero-order valence-corrected chi connectivity index (χ0v) is 17.6. The summed E-state index contributed by atoms with van der Waals surface area (Å²) in [5, 5.41) is 2.90. The highest BCUT2D eigenvalue weighted by Gasteiger charge is 2.24. The highest BCUT2D eigenvalue weighted by molar-refractivity contribution is 5.94. The first-order valence-corrected chi connectivity index (χ1v) is 10.8. The first-order chi connectivity index (χ1) is 15.1. The molecule has 1 N–H and O–H groups in total. The molecule has 2 aliphatic rings. The molecule has 2 aromatic carbocycles. The summed E-state index contributed by atoms with van der Waals surface area (Å²) in [5.41, 5.74) is 2.49. The van der Waals surface area contributed by atoms with Crippen LogP contribution in [0.4, 0.5) is 5.69 Å². The van der Waals surface area contributed by atoms with E-state index in [1.54, 1.807) is 0 Å². The van der Waals surface area contributed by atoms with Crippen LogP contribution in [0.2, 0.25) is 0 Å². The van der Waals surface area contributed by atoms with Gasteiger partial charge in [0.1, 0.15) is 0 Å². The van der Waals surface area contributed by atoms with Crippen molar-refractivity contribution in [1.82, 2.24) is 14.7 Å². The van der Waals surface area contributed by atoms with Crippen molar-refractivity contribution in [2.45, 2.75) is 19.4 Å². The van der Waals surface area contributed by atoms with Gasteiger partial charge in [-0.2, -0.15) is 0 Å². The van der Waals surface area contributed by atoms with Gasteiger partial charge in [0.15, 0.2) is 0 Å². The summed E-state index contributed by atoms with van der Waals surface area (Å²) in [4.78, 5) is 42.6. The van der Waals surface area contributed by atoms with Gasteiger partial charge in [-0.1, -0.05) is 30.3 Å². The third kappa shape index (κ3) is 5.49. The van der Waals surface area contributed by atoms with E-state index in [2.05, 4.69) is 10.2 Å². The number of piperazine rings is 1. The Bertz CT molecular complexity index is 922. The Hall–Kier alpha value is -3.19. The van der Waals surface area contributed by atoms with Crippen molar-refractivity contribution in [2.75, 3.05) is 44.6 Å². The molecule has 4 rings (SSSR count). The van der Waals surface area contributed by atoms with Crippen LogP contribution in [-0.4, -0.2) is 71.7 Å². The number of likely N-dealkylation sites (tertiary alicyclic amines) is 1. The number of carbonyl (C=O) groups excluding carboxylic acids is 3. The van der Waals surface area contributed by atoms with Crippen molar-refractivity contribution in [1.29, 1.82) is 0 Å². The Morgan fingerprint density at radius 2 is 1.58 bits per heavy atom. The van der Waals surface area contributed by atoms with Crippen molar-refractivity contribution in [2.24, 2.45) is 0 Å². The summed E-state index contributed by atoms with van der Waals surface area (Å²) in [6, 6.07) is 17.0. The molecule has 0 radical (unpaired) electrons. The van der Waals surface area contributed by atoms with Gasteiger partial charge < -0.3 is 15.1 Å². The monoisotopic (exact) mass is 420 g/mol. The molecular weight excluding hydrogens is 392 g/mol. The molecule has 7 nitrogen and oxygen atoms in total. The lowest BCUT2D eigenvalue weighted by molar-refractivity contribution is -0.128. The van der Waals surface area contributed by atoms with E-state index in [1.165, 1.54) is 0 Å². The van der Waals surface area contributed by atoms with E-state index in [0.717, 1.165) is 24.2 Å². The number of nitrogens with one attached hydrogen (secondary N) is 1. The Balaban J connectivity index is 1.24. The van der Waals surface area contributed by atoms with Gasteiger partial charge in [0, 0.05) is 56.9 Å². The Labute approximate surface area is 182 Å². The SMILES string of the molecule is O=C(CN1CCN(C(=O)c2ccc(CN3CCCC3=O)cc2)CC1)Nc1ccccc1. The van der Waals surface area contributed by atoms with E-state index in [-0.39, 0.29) is 17.7 Å². The fourth-order valence-corrected chi connectivity index (χ4v) is 4.06. The highest BCUT2D eigenvalue weighted by atomic mass is 16.2. The number of hydrogen-bond acceptors (Lipinski definition) is 4. The van der Waals surface area contributed by atoms with E-state index in [1.807, 2.05) is 64.4 Å². The maximum atomic E-state index is 12.8. The minimum atomic E-state index is -0.0435. The van der Waals surface area contributed by atoms with Crippen LogP contribution in [0.25, 0.3) is 0 Å². The van der Waals surface area contributed by atoms with E-state index >= 15 is 0 Å². The number of benzene rings is 2. The Morgan fingerprint density at radius 3 is 2.23 bits per heavy atom. The lowest BCUT2D eigenvalue weighted by Crippen LogP contribution is -2.50. The van der Waals surface area contributed by atoms with Crippen LogP contribution < -0.4 is 5.32 Å². The fraction of sp³-hybridized carbons (Fsp3) is 0.375. The topological polar surface area (TPSA) is 73.0 Å². The van der Waals surface area contributed by atoms with E-state index in [9.17, 15) is 14.4 Å². The van der Waals surface area contributed by atoms with Gasteiger partial charge in [0.2, 0.25) is 11.8 Å². The average molecular weight is 421 g/mol. The molecule has 0 bridgehead atoms. The zero-order chi connectivity index (χ0) is 21.6. The second kappa shape index (κ2) is 9.75. The number of rotatable bonds is 6. The summed E-state index contributed by atoms with van der Waals surface area (Å²) < 4.78 is 0. The minimum absolute atomic E-state index is 0.0113. The van der Waals surface area contributed by atoms with Gasteiger partial charge in [0.25, 0.3) is 5.91 Å². The summed E-state index contributed by atoms with van der Waals surface area (Å²) in [5.74, 6) is 0.172. The van der Waals surface area contributed by atoms with Crippen LogP contribution in [-0.2, 0) is 16.1 Å². The molecule has 2 aromatic rings. The van der Waals surface area contributed by atoms with Gasteiger partial charge in [-0.05, 0) is 36.2 Å². The molecule has 0 aliphatic carbocycles. The van der Waals surface area contributed by atoms with Crippen LogP contribution in [0.1, 0.15) is 28.8 Å². The predicted octanol–water partition coefficient (Wildman–Crippen LogP) is 2.21. The van der Waals surface area contributed by atoms with Crippen LogP contribution in [0.3, 0.4) is 0 Å². The Morgan fingerprint density at radius 1 is 0.871 bits per heavy atom. The van der Waals surface area contributed by atoms with Crippen LogP contribution >= 0.6 is 0 Å². The lowest BCUT2D eigenvalue weighted by Gasteiger charge is -2.34. The van der Waals surface area contributed by atoms with Crippen molar-refractivity contribution >= 4 is 23.4 Å². The van der Waals surface area contributed by atoms with Gasteiger partial charge in [-0.15, -0.1) is 0 Å². The number of anilines is 1. The molecular formula is C24H28N4O3. The average Bonchev–Trinajstić information content (AvgIpc) is 3.19. The summed E-state index contributed by atoms with van der Waals surface area (Å²) in [7, 11) is 0. The molecule has 0 atom stereocenters. The van der Waals surface area contributed by atoms with Crippen molar-refractivity contribution in [3.63, 3.8) is 0 Å². The molecule has 0 aromatic heterocycles. The normalized spacial score (nSPS) is 17.1. The third-order valence-corrected chi connectivity index (χ3v) is 5.83. The van der Waals surface area contributed by atoms with Crippen molar-refractivity contribution in [3.8, 4) is 0 Å². The van der Waals surface area contributed by atoms with Crippen molar-refractivity contribution in [3.05, 3.63) is 65.7 Å². The zero-order valence-electron chi connectivity index (χ0n) is 17.6. The van der Waals surface area contributed by atoms with E-state index in [4.69, 9.17) is 0 Å². The first-order valence-electron chi connectivity index (χ1n) is 10.8. The summed E-state index contributed by atoms with van der Waals surface area (Å²) >= 11 is 0. The van der Waals surface area contributed by atoms with Crippen molar-refractivity contribution < 1.29 is 14.4 Å². The molecule has 31 heavy (non-hydrogen) atoms. The summed E-state index contributed by atoms with van der Waals surface area (Å²) in [6.07, 6.45) is 1.56. The maximum Gasteiger partial charge on any atom is 0.253 e. The molecule has 7 heteroatoms. The largest absolute Gasteiger partial charge is 0.338 e. The van der Waals surface area contributed by atoms with Gasteiger partial charge >= 0.3 is 0 Å². The summed E-state index contributed by atoms with van der Waals surface area (Å²) in [6.45, 7) is 4.28. The second-order valence-electron chi connectivity index (χ2n) is 8.10.